The Hall–Kier alpha value is -3.61. The molecule has 1 N–H and O–H groups in total. The van der Waals surface area contributed by atoms with E-state index >= 15 is 0 Å². The van der Waals surface area contributed by atoms with Crippen molar-refractivity contribution < 1.29 is 14.0 Å². The van der Waals surface area contributed by atoms with Crippen LogP contribution >= 0.6 is 0 Å². The summed E-state index contributed by atoms with van der Waals surface area (Å²) in [5, 5.41) is 2.85. The van der Waals surface area contributed by atoms with Crippen molar-refractivity contribution in [2.24, 2.45) is 0 Å². The predicted octanol–water partition coefficient (Wildman–Crippen LogP) is 4.47. The molecule has 0 bridgehead atoms. The number of aromatic nitrogens is 2. The van der Waals surface area contributed by atoms with Crippen molar-refractivity contribution in [3.63, 3.8) is 0 Å². The molecule has 6 nitrogen and oxygen atoms in total. The Morgan fingerprint density at radius 3 is 2.56 bits per heavy atom. The molecule has 0 spiro atoms. The number of nitrogens with zero attached hydrogens (tertiary/aromatic N) is 3. The Bertz CT molecular complexity index is 1100. The molecule has 2 heterocycles. The minimum Gasteiger partial charge on any atom is -0.332 e. The number of para-hydroxylation sites is 1. The Balaban J connectivity index is 1.50. The van der Waals surface area contributed by atoms with Gasteiger partial charge in [0.25, 0.3) is 5.91 Å². The number of aryl methyl sites for hydroxylation is 1. The van der Waals surface area contributed by atoms with E-state index in [0.717, 1.165) is 24.8 Å². The van der Waals surface area contributed by atoms with Gasteiger partial charge in [0.05, 0.1) is 23.7 Å². The van der Waals surface area contributed by atoms with E-state index in [1.54, 1.807) is 19.1 Å². The molecule has 1 aromatic heterocycles. The molecule has 3 aromatic rings. The number of likely N-dealkylation sites (tertiary alicyclic amines) is 1. The first kappa shape index (κ1) is 21.6. The van der Waals surface area contributed by atoms with Crippen LogP contribution in [-0.2, 0) is 11.2 Å². The number of carbonyl (C=O) groups excluding carboxylic acids is 2. The van der Waals surface area contributed by atoms with E-state index in [4.69, 9.17) is 0 Å². The summed E-state index contributed by atoms with van der Waals surface area (Å²) < 4.78 is 13.2. The van der Waals surface area contributed by atoms with Crippen LogP contribution in [0.15, 0.2) is 60.8 Å². The number of benzene rings is 2. The summed E-state index contributed by atoms with van der Waals surface area (Å²) in [7, 11) is 0. The van der Waals surface area contributed by atoms with Crippen LogP contribution in [0.1, 0.15) is 52.7 Å². The molecule has 32 heavy (non-hydrogen) atoms. The van der Waals surface area contributed by atoms with Gasteiger partial charge in [-0.2, -0.15) is 0 Å². The Morgan fingerprint density at radius 1 is 1.09 bits per heavy atom. The van der Waals surface area contributed by atoms with Gasteiger partial charge in [0.15, 0.2) is 5.82 Å². The van der Waals surface area contributed by atoms with Crippen molar-refractivity contribution in [1.82, 2.24) is 14.9 Å². The van der Waals surface area contributed by atoms with Gasteiger partial charge in [-0.15, -0.1) is 0 Å². The molecule has 1 saturated heterocycles. The lowest BCUT2D eigenvalue weighted by Gasteiger charge is -2.35. The summed E-state index contributed by atoms with van der Waals surface area (Å²) in [6.07, 6.45) is 4.40. The van der Waals surface area contributed by atoms with Gasteiger partial charge in [0.1, 0.15) is 5.82 Å². The third kappa shape index (κ3) is 4.99. The topological polar surface area (TPSA) is 75.2 Å². The molecule has 2 amide bonds. The van der Waals surface area contributed by atoms with Gasteiger partial charge in [0, 0.05) is 18.4 Å². The third-order valence-electron chi connectivity index (χ3n) is 5.66. The Morgan fingerprint density at radius 2 is 1.84 bits per heavy atom. The van der Waals surface area contributed by atoms with Gasteiger partial charge in [-0.25, -0.2) is 14.4 Å². The molecule has 1 unspecified atom stereocenters. The van der Waals surface area contributed by atoms with Gasteiger partial charge >= 0.3 is 0 Å². The molecule has 1 aliphatic rings. The second kappa shape index (κ2) is 9.68. The molecule has 0 radical (unpaired) electrons. The molecular formula is C25H25FN4O2. The van der Waals surface area contributed by atoms with Crippen LogP contribution in [-0.4, -0.2) is 33.2 Å². The summed E-state index contributed by atoms with van der Waals surface area (Å²) in [4.78, 5) is 36.5. The molecule has 0 saturated carbocycles. The number of hydrogen-bond acceptors (Lipinski definition) is 4. The molecule has 1 fully saturated rings. The fourth-order valence-electron chi connectivity index (χ4n) is 3.97. The average molecular weight is 432 g/mol. The number of nitrogens with one attached hydrogen (secondary N) is 1. The summed E-state index contributed by atoms with van der Waals surface area (Å²) >= 11 is 0. The van der Waals surface area contributed by atoms with Crippen LogP contribution in [0.5, 0.6) is 0 Å². The second-order valence-corrected chi connectivity index (χ2v) is 7.95. The molecule has 1 atom stereocenters. The van der Waals surface area contributed by atoms with Gasteiger partial charge in [-0.1, -0.05) is 30.3 Å². The van der Waals surface area contributed by atoms with Gasteiger partial charge < -0.3 is 10.2 Å². The molecule has 4 rings (SSSR count). The highest BCUT2D eigenvalue weighted by atomic mass is 19.1. The average Bonchev–Trinajstić information content (AvgIpc) is 2.81. The van der Waals surface area contributed by atoms with Crippen LogP contribution in [0.3, 0.4) is 0 Å². The lowest BCUT2D eigenvalue weighted by molar-refractivity contribution is -0.134. The lowest BCUT2D eigenvalue weighted by Crippen LogP contribution is -2.40. The zero-order valence-electron chi connectivity index (χ0n) is 17.9. The van der Waals surface area contributed by atoms with Crippen LogP contribution in [0.4, 0.5) is 10.1 Å². The van der Waals surface area contributed by atoms with E-state index in [0.29, 0.717) is 29.3 Å². The largest absolute Gasteiger partial charge is 0.332 e. The predicted molar refractivity (Wildman–Crippen MR) is 120 cm³/mol. The fourth-order valence-corrected chi connectivity index (χ4v) is 3.97. The minimum absolute atomic E-state index is 0.0338. The van der Waals surface area contributed by atoms with E-state index in [1.807, 2.05) is 35.2 Å². The number of rotatable bonds is 5. The van der Waals surface area contributed by atoms with E-state index in [1.165, 1.54) is 18.3 Å². The summed E-state index contributed by atoms with van der Waals surface area (Å²) in [6.45, 7) is 2.40. The molecular weight excluding hydrogens is 407 g/mol. The summed E-state index contributed by atoms with van der Waals surface area (Å²) in [5.41, 5.74) is 2.44. The van der Waals surface area contributed by atoms with Crippen LogP contribution in [0.25, 0.3) is 0 Å². The van der Waals surface area contributed by atoms with E-state index < -0.39 is 0 Å². The molecule has 164 valence electrons. The summed E-state index contributed by atoms with van der Waals surface area (Å²) in [6, 6.07) is 15.0. The van der Waals surface area contributed by atoms with E-state index in [2.05, 4.69) is 15.3 Å². The first-order valence-electron chi connectivity index (χ1n) is 10.7. The number of hydrogen-bond donors (Lipinski definition) is 1. The first-order valence-corrected chi connectivity index (χ1v) is 10.7. The highest BCUT2D eigenvalue weighted by molar-refractivity contribution is 6.04. The van der Waals surface area contributed by atoms with Gasteiger partial charge in [-0.3, -0.25) is 9.59 Å². The number of piperidine rings is 1. The van der Waals surface area contributed by atoms with E-state index in [-0.39, 0.29) is 30.1 Å². The monoisotopic (exact) mass is 432 g/mol. The molecule has 7 heteroatoms. The first-order chi connectivity index (χ1) is 15.5. The zero-order valence-corrected chi connectivity index (χ0v) is 17.9. The maximum Gasteiger partial charge on any atom is 0.259 e. The highest BCUT2D eigenvalue weighted by Gasteiger charge is 2.30. The minimum atomic E-state index is -0.322. The summed E-state index contributed by atoms with van der Waals surface area (Å²) in [5.74, 6) is -0.0789. The zero-order chi connectivity index (χ0) is 22.5. The highest BCUT2D eigenvalue weighted by Crippen LogP contribution is 2.30. The van der Waals surface area contributed by atoms with Crippen molar-refractivity contribution in [1.29, 1.82) is 0 Å². The van der Waals surface area contributed by atoms with E-state index in [9.17, 15) is 14.0 Å². The SMILES string of the molecule is Cc1nc(C2CCCCN2C(=O)Cc2ccc(F)cc2)ncc1C(=O)Nc1ccccc1. The number of halogens is 1. The normalized spacial score (nSPS) is 15.9. The fraction of sp³-hybridized carbons (Fsp3) is 0.280. The number of anilines is 1. The van der Waals surface area contributed by atoms with Crippen molar-refractivity contribution >= 4 is 17.5 Å². The third-order valence-corrected chi connectivity index (χ3v) is 5.66. The van der Waals surface area contributed by atoms with Crippen LogP contribution in [0, 0.1) is 12.7 Å². The second-order valence-electron chi connectivity index (χ2n) is 7.95. The quantitative estimate of drug-likeness (QED) is 0.645. The van der Waals surface area contributed by atoms with Crippen molar-refractivity contribution in [3.05, 3.63) is 89.3 Å². The van der Waals surface area contributed by atoms with Crippen molar-refractivity contribution in [3.8, 4) is 0 Å². The van der Waals surface area contributed by atoms with Crippen molar-refractivity contribution in [2.45, 2.75) is 38.6 Å². The Labute approximate surface area is 186 Å². The maximum atomic E-state index is 13.2. The van der Waals surface area contributed by atoms with Gasteiger partial charge in [0.2, 0.25) is 5.91 Å². The van der Waals surface area contributed by atoms with Crippen LogP contribution in [0.2, 0.25) is 0 Å². The smallest absolute Gasteiger partial charge is 0.259 e. The molecule has 2 aromatic carbocycles. The standard InChI is InChI=1S/C25H25FN4O2/c1-17-21(25(32)29-20-7-3-2-4-8-20)16-27-24(28-17)22-9-5-6-14-30(22)23(31)15-18-10-12-19(26)13-11-18/h2-4,7-8,10-13,16,22H,5-6,9,14-15H2,1H3,(H,29,32). The Kier molecular flexibility index (Phi) is 6.54. The van der Waals surface area contributed by atoms with Crippen molar-refractivity contribution in [2.75, 3.05) is 11.9 Å². The lowest BCUT2D eigenvalue weighted by atomic mass is 9.99. The molecule has 1 aliphatic heterocycles. The van der Waals surface area contributed by atoms with Gasteiger partial charge in [-0.05, 0) is 56.0 Å². The number of carbonyl (C=O) groups is 2. The van der Waals surface area contributed by atoms with Crippen LogP contribution < -0.4 is 5.32 Å². The molecule has 0 aliphatic carbocycles. The number of amides is 2. The maximum absolute atomic E-state index is 13.2.